The van der Waals surface area contributed by atoms with Gasteiger partial charge < -0.3 is 19.5 Å². The Balaban J connectivity index is 1.60. The van der Waals surface area contributed by atoms with E-state index in [2.05, 4.69) is 25.3 Å². The van der Waals surface area contributed by atoms with Crippen LogP contribution in [-0.4, -0.2) is 72.3 Å². The Morgan fingerprint density at radius 1 is 1.29 bits per heavy atom. The van der Waals surface area contributed by atoms with Crippen LogP contribution in [0.4, 0.5) is 9.18 Å². The summed E-state index contributed by atoms with van der Waals surface area (Å²) in [5.74, 6) is -0.246. The molecule has 11 nitrogen and oxygen atoms in total. The van der Waals surface area contributed by atoms with Gasteiger partial charge in [0, 0.05) is 32.0 Å². The van der Waals surface area contributed by atoms with Crippen LogP contribution in [0.1, 0.15) is 12.8 Å². The van der Waals surface area contributed by atoms with Gasteiger partial charge in [0.1, 0.15) is 18.1 Å². The molecule has 0 unspecified atom stereocenters. The fourth-order valence-corrected chi connectivity index (χ4v) is 2.97. The van der Waals surface area contributed by atoms with Crippen molar-refractivity contribution in [2.75, 3.05) is 20.2 Å². The molecule has 1 aliphatic rings. The van der Waals surface area contributed by atoms with E-state index >= 15 is 0 Å². The Morgan fingerprint density at radius 3 is 2.75 bits per heavy atom. The zero-order chi connectivity index (χ0) is 19.7. The van der Waals surface area contributed by atoms with Crippen LogP contribution in [0.2, 0.25) is 0 Å². The highest BCUT2D eigenvalue weighted by atomic mass is 19.1. The van der Waals surface area contributed by atoms with Gasteiger partial charge in [-0.3, -0.25) is 0 Å². The van der Waals surface area contributed by atoms with Crippen LogP contribution in [0.3, 0.4) is 0 Å². The van der Waals surface area contributed by atoms with Crippen molar-refractivity contribution in [3.8, 4) is 17.4 Å². The van der Waals surface area contributed by atoms with E-state index in [1.807, 2.05) is 0 Å². The Labute approximate surface area is 157 Å². The number of ether oxygens (including phenoxy) is 2. The first-order valence-corrected chi connectivity index (χ1v) is 8.47. The smallest absolute Gasteiger partial charge is 0.407 e. The van der Waals surface area contributed by atoms with Gasteiger partial charge in [0.2, 0.25) is 11.8 Å². The third-order valence-electron chi connectivity index (χ3n) is 4.44. The van der Waals surface area contributed by atoms with Crippen LogP contribution < -0.4 is 9.47 Å². The molecule has 146 valence electrons. The van der Waals surface area contributed by atoms with Crippen molar-refractivity contribution in [2.45, 2.75) is 18.9 Å². The van der Waals surface area contributed by atoms with E-state index < -0.39 is 11.9 Å². The number of carboxylic acid groups (broad SMARTS) is 1. The van der Waals surface area contributed by atoms with E-state index in [4.69, 9.17) is 14.6 Å². The third kappa shape index (κ3) is 3.23. The largest absolute Gasteiger partial charge is 0.481 e. The molecule has 1 aliphatic heterocycles. The maximum atomic E-state index is 14.4. The molecule has 3 aromatic heterocycles. The quantitative estimate of drug-likeness (QED) is 0.701. The minimum absolute atomic E-state index is 0.0581. The summed E-state index contributed by atoms with van der Waals surface area (Å²) in [4.78, 5) is 24.5. The molecule has 1 amide bonds. The van der Waals surface area contributed by atoms with Crippen molar-refractivity contribution >= 4 is 17.3 Å². The molecular formula is C16H16FN7O4. The fraction of sp³-hybridized carbons (Fsp3) is 0.375. The molecule has 0 atom stereocenters. The second kappa shape index (κ2) is 7.21. The Bertz CT molecular complexity index is 1020. The molecule has 0 radical (unpaired) electrons. The van der Waals surface area contributed by atoms with Gasteiger partial charge in [0.25, 0.3) is 0 Å². The molecule has 0 saturated carbocycles. The number of methoxy groups -OCH3 is 1. The lowest BCUT2D eigenvalue weighted by atomic mass is 10.1. The van der Waals surface area contributed by atoms with Crippen molar-refractivity contribution in [2.24, 2.45) is 0 Å². The van der Waals surface area contributed by atoms with E-state index in [0.717, 1.165) is 6.07 Å². The number of aromatic nitrogens is 6. The summed E-state index contributed by atoms with van der Waals surface area (Å²) in [7, 11) is 1.39. The summed E-state index contributed by atoms with van der Waals surface area (Å²) in [6, 6.07) is 1.14. The Hall–Kier alpha value is -3.57. The number of hydrogen-bond donors (Lipinski definition) is 1. The lowest BCUT2D eigenvalue weighted by molar-refractivity contribution is 0.0878. The second-order valence-electron chi connectivity index (χ2n) is 6.12. The average Bonchev–Trinajstić information content (AvgIpc) is 3.13. The van der Waals surface area contributed by atoms with E-state index in [1.54, 1.807) is 0 Å². The first-order chi connectivity index (χ1) is 13.6. The number of fused-ring (bicyclic) bond motifs is 1. The molecular weight excluding hydrogens is 373 g/mol. The maximum Gasteiger partial charge on any atom is 0.407 e. The maximum absolute atomic E-state index is 14.4. The van der Waals surface area contributed by atoms with Crippen LogP contribution in [-0.2, 0) is 0 Å². The van der Waals surface area contributed by atoms with Crippen molar-refractivity contribution < 1.29 is 23.8 Å². The molecule has 0 bridgehead atoms. The zero-order valence-corrected chi connectivity index (χ0v) is 14.8. The van der Waals surface area contributed by atoms with Gasteiger partial charge >= 0.3 is 6.09 Å². The van der Waals surface area contributed by atoms with Crippen molar-refractivity contribution in [1.29, 1.82) is 0 Å². The highest BCUT2D eigenvalue weighted by molar-refractivity contribution is 5.76. The van der Waals surface area contributed by atoms with Gasteiger partial charge in [-0.1, -0.05) is 5.21 Å². The number of likely N-dealkylation sites (tertiary alicyclic amines) is 1. The van der Waals surface area contributed by atoms with Gasteiger partial charge in [-0.15, -0.1) is 5.10 Å². The van der Waals surface area contributed by atoms with E-state index in [9.17, 15) is 9.18 Å². The SMILES string of the molecule is COc1cc(F)c(-n2nnc3c(OC4CCN(C(=O)O)CC4)ncnc32)cn1. The molecule has 1 N–H and O–H groups in total. The van der Waals surface area contributed by atoms with Crippen LogP contribution in [0.5, 0.6) is 11.8 Å². The molecule has 1 fully saturated rings. The number of nitrogens with zero attached hydrogens (tertiary/aromatic N) is 7. The number of carbonyl (C=O) groups is 1. The number of rotatable bonds is 4. The summed E-state index contributed by atoms with van der Waals surface area (Å²) < 4.78 is 26.4. The normalized spacial score (nSPS) is 15.0. The number of pyridine rings is 1. The lowest BCUT2D eigenvalue weighted by Gasteiger charge is -2.29. The van der Waals surface area contributed by atoms with Crippen LogP contribution >= 0.6 is 0 Å². The first-order valence-electron chi connectivity index (χ1n) is 8.47. The summed E-state index contributed by atoms with van der Waals surface area (Å²) in [6.45, 7) is 0.757. The Kier molecular flexibility index (Phi) is 4.59. The zero-order valence-electron chi connectivity index (χ0n) is 14.8. The molecule has 0 aromatic carbocycles. The minimum atomic E-state index is -0.944. The number of piperidine rings is 1. The monoisotopic (exact) mass is 389 g/mol. The van der Waals surface area contributed by atoms with Crippen LogP contribution in [0, 0.1) is 5.82 Å². The van der Waals surface area contributed by atoms with Crippen molar-refractivity contribution in [1.82, 2.24) is 34.8 Å². The topological polar surface area (TPSA) is 128 Å². The molecule has 4 heterocycles. The Morgan fingerprint density at radius 2 is 2.07 bits per heavy atom. The second-order valence-corrected chi connectivity index (χ2v) is 6.12. The van der Waals surface area contributed by atoms with E-state index in [-0.39, 0.29) is 34.7 Å². The van der Waals surface area contributed by atoms with Gasteiger partial charge in [-0.2, -0.15) is 9.67 Å². The summed E-state index contributed by atoms with van der Waals surface area (Å²) in [6.07, 6.45) is 2.45. The summed E-state index contributed by atoms with van der Waals surface area (Å²) >= 11 is 0. The predicted molar refractivity (Wildman–Crippen MR) is 92.0 cm³/mol. The van der Waals surface area contributed by atoms with Crippen LogP contribution in [0.15, 0.2) is 18.6 Å². The van der Waals surface area contributed by atoms with Gasteiger partial charge in [0.05, 0.1) is 13.3 Å². The average molecular weight is 389 g/mol. The summed E-state index contributed by atoms with van der Waals surface area (Å²) in [5, 5.41) is 17.0. The number of hydrogen-bond acceptors (Lipinski definition) is 8. The molecule has 0 aliphatic carbocycles. The third-order valence-corrected chi connectivity index (χ3v) is 4.44. The minimum Gasteiger partial charge on any atom is -0.481 e. The molecule has 3 aromatic rings. The fourth-order valence-electron chi connectivity index (χ4n) is 2.97. The van der Waals surface area contributed by atoms with Gasteiger partial charge in [0.15, 0.2) is 17.0 Å². The lowest BCUT2D eigenvalue weighted by Crippen LogP contribution is -2.41. The molecule has 4 rings (SSSR count). The molecule has 28 heavy (non-hydrogen) atoms. The van der Waals surface area contributed by atoms with E-state index in [0.29, 0.717) is 25.9 Å². The number of amides is 1. The standard InChI is InChI=1S/C16H16FN7O4/c1-27-12-6-10(17)11(7-18-12)24-14-13(21-22-24)15(20-8-19-14)28-9-2-4-23(5-3-9)16(25)26/h6-9H,2-5H2,1H3,(H,25,26). The highest BCUT2D eigenvalue weighted by Crippen LogP contribution is 2.25. The van der Waals surface area contributed by atoms with Gasteiger partial charge in [-0.05, 0) is 0 Å². The molecule has 12 heteroatoms. The highest BCUT2D eigenvalue weighted by Gasteiger charge is 2.25. The molecule has 0 spiro atoms. The van der Waals surface area contributed by atoms with Gasteiger partial charge in [-0.25, -0.2) is 19.2 Å². The first kappa shape index (κ1) is 17.8. The van der Waals surface area contributed by atoms with Crippen molar-refractivity contribution in [3.05, 3.63) is 24.4 Å². The van der Waals surface area contributed by atoms with E-state index in [1.165, 1.54) is 29.2 Å². The summed E-state index contributed by atoms with van der Waals surface area (Å²) in [5.41, 5.74) is 0.597. The predicted octanol–water partition coefficient (Wildman–Crippen LogP) is 1.27. The molecule has 1 saturated heterocycles. The number of halogens is 1. The van der Waals surface area contributed by atoms with Crippen molar-refractivity contribution in [3.63, 3.8) is 0 Å². The van der Waals surface area contributed by atoms with Crippen LogP contribution in [0.25, 0.3) is 16.9 Å².